The summed E-state index contributed by atoms with van der Waals surface area (Å²) in [6.07, 6.45) is 2.18. The molecule has 0 aliphatic rings. The van der Waals surface area contributed by atoms with E-state index in [-0.39, 0.29) is 30.3 Å². The molecule has 3 aromatic rings. The molecule has 5 heteroatoms. The molecule has 0 aromatic heterocycles. The second kappa shape index (κ2) is 9.32. The number of benzene rings is 3. The van der Waals surface area contributed by atoms with Gasteiger partial charge in [0.1, 0.15) is 18.2 Å². The van der Waals surface area contributed by atoms with Gasteiger partial charge in [0.2, 0.25) is 5.82 Å². The Bertz CT molecular complexity index is 998. The fourth-order valence-electron chi connectivity index (χ4n) is 2.74. The van der Waals surface area contributed by atoms with Crippen LogP contribution in [0.25, 0.3) is 11.1 Å². The normalized spacial score (nSPS) is 10.6. The SMILES string of the molecule is C=CCCOc1ccc(-c2ccc(OCc3ccc(C)c(F)c3)cc2)c(F)c1F. The lowest BCUT2D eigenvalue weighted by atomic mass is 10.0. The molecule has 0 amide bonds. The van der Waals surface area contributed by atoms with Gasteiger partial charge >= 0.3 is 0 Å². The van der Waals surface area contributed by atoms with Gasteiger partial charge in [-0.2, -0.15) is 4.39 Å². The lowest BCUT2D eigenvalue weighted by Gasteiger charge is -2.11. The summed E-state index contributed by atoms with van der Waals surface area (Å²) < 4.78 is 53.2. The highest BCUT2D eigenvalue weighted by molar-refractivity contribution is 5.66. The smallest absolute Gasteiger partial charge is 0.201 e. The van der Waals surface area contributed by atoms with E-state index in [1.165, 1.54) is 18.2 Å². The Balaban J connectivity index is 1.70. The van der Waals surface area contributed by atoms with Crippen LogP contribution in [0.15, 0.2) is 67.3 Å². The second-order valence-electron chi connectivity index (χ2n) is 6.56. The zero-order chi connectivity index (χ0) is 20.8. The van der Waals surface area contributed by atoms with Crippen LogP contribution in [0.4, 0.5) is 13.2 Å². The summed E-state index contributed by atoms with van der Waals surface area (Å²) >= 11 is 0. The molecule has 0 saturated carbocycles. The van der Waals surface area contributed by atoms with E-state index < -0.39 is 11.6 Å². The third-order valence-corrected chi connectivity index (χ3v) is 4.43. The molecular weight excluding hydrogens is 377 g/mol. The third-order valence-electron chi connectivity index (χ3n) is 4.43. The van der Waals surface area contributed by atoms with Crippen molar-refractivity contribution in [1.29, 1.82) is 0 Å². The van der Waals surface area contributed by atoms with Crippen molar-refractivity contribution in [3.63, 3.8) is 0 Å². The molecule has 0 atom stereocenters. The predicted octanol–water partition coefficient (Wildman–Crippen LogP) is 6.61. The van der Waals surface area contributed by atoms with Crippen LogP contribution in [0.3, 0.4) is 0 Å². The Morgan fingerprint density at radius 2 is 1.66 bits per heavy atom. The van der Waals surface area contributed by atoms with E-state index in [1.54, 1.807) is 49.4 Å². The lowest BCUT2D eigenvalue weighted by molar-refractivity contribution is 0.302. The third kappa shape index (κ3) is 4.99. The van der Waals surface area contributed by atoms with Gasteiger partial charge < -0.3 is 9.47 Å². The minimum atomic E-state index is -1.02. The molecule has 2 nitrogen and oxygen atoms in total. The fourth-order valence-corrected chi connectivity index (χ4v) is 2.74. The monoisotopic (exact) mass is 398 g/mol. The Hall–Kier alpha value is -3.21. The molecule has 0 heterocycles. The molecular formula is C24H21F3O2. The molecule has 0 bridgehead atoms. The van der Waals surface area contributed by atoms with Crippen molar-refractivity contribution in [3.8, 4) is 22.6 Å². The van der Waals surface area contributed by atoms with Gasteiger partial charge in [0.05, 0.1) is 6.61 Å². The summed E-state index contributed by atoms with van der Waals surface area (Å²) in [6.45, 7) is 5.69. The molecule has 0 aliphatic heterocycles. The van der Waals surface area contributed by atoms with Crippen molar-refractivity contribution >= 4 is 0 Å². The molecule has 0 fully saturated rings. The molecule has 0 N–H and O–H groups in total. The van der Waals surface area contributed by atoms with Crippen LogP contribution >= 0.6 is 0 Å². The molecule has 0 saturated heterocycles. The first-order chi connectivity index (χ1) is 14.0. The van der Waals surface area contributed by atoms with Gasteiger partial charge in [0, 0.05) is 5.56 Å². The van der Waals surface area contributed by atoms with E-state index in [9.17, 15) is 13.2 Å². The average molecular weight is 398 g/mol. The molecule has 3 rings (SSSR count). The van der Waals surface area contributed by atoms with Crippen molar-refractivity contribution in [1.82, 2.24) is 0 Å². The highest BCUT2D eigenvalue weighted by Gasteiger charge is 2.15. The standard InChI is InChI=1S/C24H21F3O2/c1-3-4-13-28-22-12-11-20(23(26)24(22)27)18-7-9-19(10-8-18)29-15-17-6-5-16(2)21(25)14-17/h3,5-12,14H,1,4,13,15H2,2H3. The first-order valence-corrected chi connectivity index (χ1v) is 9.19. The van der Waals surface area contributed by atoms with E-state index in [1.807, 2.05) is 0 Å². The predicted molar refractivity (Wildman–Crippen MR) is 108 cm³/mol. The molecule has 0 unspecified atom stereocenters. The maximum absolute atomic E-state index is 14.5. The topological polar surface area (TPSA) is 18.5 Å². The van der Waals surface area contributed by atoms with Crippen LogP contribution < -0.4 is 9.47 Å². The highest BCUT2D eigenvalue weighted by atomic mass is 19.2. The second-order valence-corrected chi connectivity index (χ2v) is 6.56. The van der Waals surface area contributed by atoms with Crippen molar-refractivity contribution in [2.45, 2.75) is 20.0 Å². The van der Waals surface area contributed by atoms with Crippen LogP contribution in [0.1, 0.15) is 17.5 Å². The lowest BCUT2D eigenvalue weighted by Crippen LogP contribution is -2.01. The minimum absolute atomic E-state index is 0.126. The summed E-state index contributed by atoms with van der Waals surface area (Å²) in [5.41, 5.74) is 1.92. The number of hydrogen-bond donors (Lipinski definition) is 0. The number of hydrogen-bond acceptors (Lipinski definition) is 2. The molecule has 0 spiro atoms. The van der Waals surface area contributed by atoms with Crippen molar-refractivity contribution < 1.29 is 22.6 Å². The Morgan fingerprint density at radius 3 is 2.34 bits per heavy atom. The zero-order valence-electron chi connectivity index (χ0n) is 16.1. The molecule has 29 heavy (non-hydrogen) atoms. The maximum Gasteiger partial charge on any atom is 0.201 e. The van der Waals surface area contributed by atoms with Crippen molar-refractivity contribution in [2.24, 2.45) is 0 Å². The van der Waals surface area contributed by atoms with Gasteiger partial charge in [-0.05, 0) is 60.4 Å². The van der Waals surface area contributed by atoms with Gasteiger partial charge in [-0.15, -0.1) is 6.58 Å². The van der Waals surface area contributed by atoms with Gasteiger partial charge in [-0.1, -0.05) is 30.3 Å². The van der Waals surface area contributed by atoms with Crippen LogP contribution in [-0.2, 0) is 6.61 Å². The minimum Gasteiger partial charge on any atom is -0.490 e. The van der Waals surface area contributed by atoms with Crippen LogP contribution in [0.2, 0.25) is 0 Å². The number of aryl methyl sites for hydroxylation is 1. The Kier molecular flexibility index (Phi) is 6.60. The Labute approximate surface area is 168 Å². The van der Waals surface area contributed by atoms with Gasteiger partial charge in [0.25, 0.3) is 0 Å². The maximum atomic E-state index is 14.5. The summed E-state index contributed by atoms with van der Waals surface area (Å²) in [7, 11) is 0. The van der Waals surface area contributed by atoms with Gasteiger partial charge in [-0.3, -0.25) is 0 Å². The summed E-state index contributed by atoms with van der Waals surface area (Å²) in [4.78, 5) is 0. The summed E-state index contributed by atoms with van der Waals surface area (Å²) in [5.74, 6) is -1.85. The van der Waals surface area contributed by atoms with E-state index in [4.69, 9.17) is 9.47 Å². The van der Waals surface area contributed by atoms with E-state index >= 15 is 0 Å². The van der Waals surface area contributed by atoms with Crippen LogP contribution in [0, 0.1) is 24.4 Å². The largest absolute Gasteiger partial charge is 0.490 e. The highest BCUT2D eigenvalue weighted by Crippen LogP contribution is 2.31. The zero-order valence-corrected chi connectivity index (χ0v) is 16.1. The summed E-state index contributed by atoms with van der Waals surface area (Å²) in [6, 6.07) is 14.4. The first-order valence-electron chi connectivity index (χ1n) is 9.19. The number of rotatable bonds is 8. The van der Waals surface area contributed by atoms with E-state index in [0.29, 0.717) is 28.9 Å². The van der Waals surface area contributed by atoms with E-state index in [0.717, 1.165) is 0 Å². The van der Waals surface area contributed by atoms with Crippen molar-refractivity contribution in [2.75, 3.05) is 6.61 Å². The Morgan fingerprint density at radius 1 is 0.897 bits per heavy atom. The molecule has 3 aromatic carbocycles. The average Bonchev–Trinajstić information content (AvgIpc) is 2.73. The van der Waals surface area contributed by atoms with Gasteiger partial charge in [0.15, 0.2) is 11.6 Å². The number of ether oxygens (including phenoxy) is 2. The van der Waals surface area contributed by atoms with Crippen molar-refractivity contribution in [3.05, 3.63) is 95.8 Å². The van der Waals surface area contributed by atoms with E-state index in [2.05, 4.69) is 6.58 Å². The van der Waals surface area contributed by atoms with Crippen LogP contribution in [0.5, 0.6) is 11.5 Å². The number of halogens is 3. The summed E-state index contributed by atoms with van der Waals surface area (Å²) in [5, 5.41) is 0. The first kappa shape index (κ1) is 20.5. The molecule has 0 radical (unpaired) electrons. The molecule has 150 valence electrons. The molecule has 0 aliphatic carbocycles. The van der Waals surface area contributed by atoms with Gasteiger partial charge in [-0.25, -0.2) is 8.78 Å². The fraction of sp³-hybridized carbons (Fsp3) is 0.167. The van der Waals surface area contributed by atoms with Crippen LogP contribution in [-0.4, -0.2) is 6.61 Å². The quantitative estimate of drug-likeness (QED) is 0.314.